The van der Waals surface area contributed by atoms with Crippen LogP contribution in [0.25, 0.3) is 0 Å². The normalized spacial score (nSPS) is 21.4. The Morgan fingerprint density at radius 1 is 1.53 bits per heavy atom. The molecule has 1 fully saturated rings. The number of nitrogens with two attached hydrogens (primary N) is 1. The number of benzene rings is 1. The van der Waals surface area contributed by atoms with Gasteiger partial charge in [-0.15, -0.1) is 0 Å². The number of nitrogen functional groups attached to an aromatic ring is 1. The van der Waals surface area contributed by atoms with Crippen molar-refractivity contribution in [2.45, 2.75) is 6.10 Å². The van der Waals surface area contributed by atoms with Crippen LogP contribution >= 0.6 is 0 Å². The molecule has 0 saturated carbocycles. The molecule has 1 saturated heterocycles. The summed E-state index contributed by atoms with van der Waals surface area (Å²) in [4.78, 5) is 4.50. The van der Waals surface area contributed by atoms with Gasteiger partial charge in [-0.1, -0.05) is 6.07 Å². The van der Waals surface area contributed by atoms with Crippen LogP contribution in [-0.4, -0.2) is 51.3 Å². The van der Waals surface area contributed by atoms with Gasteiger partial charge in [-0.05, 0) is 25.2 Å². The highest BCUT2D eigenvalue weighted by Gasteiger charge is 2.19. The Labute approximate surface area is 103 Å². The van der Waals surface area contributed by atoms with Crippen molar-refractivity contribution in [2.75, 3.05) is 51.0 Å². The lowest BCUT2D eigenvalue weighted by molar-refractivity contribution is -0.0143. The molecule has 17 heavy (non-hydrogen) atoms. The van der Waals surface area contributed by atoms with Gasteiger partial charge in [-0.2, -0.15) is 0 Å². The molecule has 0 bridgehead atoms. The van der Waals surface area contributed by atoms with Crippen molar-refractivity contribution in [3.63, 3.8) is 0 Å². The van der Waals surface area contributed by atoms with Crippen molar-refractivity contribution in [3.8, 4) is 0 Å². The number of anilines is 2. The van der Waals surface area contributed by atoms with Crippen molar-refractivity contribution in [1.82, 2.24) is 4.90 Å². The van der Waals surface area contributed by atoms with Gasteiger partial charge < -0.3 is 20.3 Å². The zero-order valence-electron chi connectivity index (χ0n) is 10.6. The fourth-order valence-corrected chi connectivity index (χ4v) is 2.15. The minimum Gasteiger partial charge on any atom is -0.399 e. The molecular formula is C13H21N3O. The Kier molecular flexibility index (Phi) is 3.86. The predicted octanol–water partition coefficient (Wildman–Crippen LogP) is 1.04. The van der Waals surface area contributed by atoms with E-state index in [1.807, 2.05) is 18.2 Å². The van der Waals surface area contributed by atoms with Crippen LogP contribution in [0.4, 0.5) is 11.4 Å². The molecule has 0 spiro atoms. The summed E-state index contributed by atoms with van der Waals surface area (Å²) in [6, 6.07) is 7.95. The zero-order valence-corrected chi connectivity index (χ0v) is 10.6. The molecule has 1 unspecified atom stereocenters. The van der Waals surface area contributed by atoms with Crippen molar-refractivity contribution in [1.29, 1.82) is 0 Å². The lowest BCUT2D eigenvalue weighted by Gasteiger charge is -2.33. The Bertz CT molecular complexity index is 369. The van der Waals surface area contributed by atoms with Gasteiger partial charge in [0, 0.05) is 38.1 Å². The van der Waals surface area contributed by atoms with Crippen LogP contribution < -0.4 is 10.6 Å². The van der Waals surface area contributed by atoms with Crippen LogP contribution in [0.3, 0.4) is 0 Å². The second-order valence-corrected chi connectivity index (χ2v) is 4.73. The van der Waals surface area contributed by atoms with E-state index in [1.165, 1.54) is 0 Å². The first-order chi connectivity index (χ1) is 8.15. The van der Waals surface area contributed by atoms with E-state index in [4.69, 9.17) is 10.5 Å². The van der Waals surface area contributed by atoms with E-state index >= 15 is 0 Å². The van der Waals surface area contributed by atoms with E-state index in [9.17, 15) is 0 Å². The second-order valence-electron chi connectivity index (χ2n) is 4.73. The van der Waals surface area contributed by atoms with E-state index in [0.717, 1.165) is 37.6 Å². The van der Waals surface area contributed by atoms with Crippen LogP contribution in [0.1, 0.15) is 0 Å². The minimum atomic E-state index is 0.278. The SMILES string of the molecule is CN1CCOC(CN(C)c2cccc(N)c2)C1. The molecule has 1 aromatic carbocycles. The van der Waals surface area contributed by atoms with E-state index in [2.05, 4.69) is 30.0 Å². The zero-order chi connectivity index (χ0) is 12.3. The van der Waals surface area contributed by atoms with Crippen molar-refractivity contribution in [2.24, 2.45) is 0 Å². The number of nitrogens with zero attached hydrogens (tertiary/aromatic N) is 2. The fraction of sp³-hybridized carbons (Fsp3) is 0.538. The summed E-state index contributed by atoms with van der Waals surface area (Å²) in [5, 5.41) is 0. The molecule has 1 aliphatic rings. The highest BCUT2D eigenvalue weighted by molar-refractivity contribution is 5.55. The van der Waals surface area contributed by atoms with Gasteiger partial charge >= 0.3 is 0 Å². The van der Waals surface area contributed by atoms with Gasteiger partial charge in [-0.3, -0.25) is 0 Å². The largest absolute Gasteiger partial charge is 0.399 e. The first-order valence-electron chi connectivity index (χ1n) is 6.02. The Balaban J connectivity index is 1.94. The molecule has 1 aromatic rings. The summed E-state index contributed by atoms with van der Waals surface area (Å²) in [5.74, 6) is 0. The predicted molar refractivity (Wildman–Crippen MR) is 71.4 cm³/mol. The van der Waals surface area contributed by atoms with Gasteiger partial charge in [0.05, 0.1) is 12.7 Å². The molecule has 0 radical (unpaired) electrons. The first-order valence-corrected chi connectivity index (χ1v) is 6.02. The van der Waals surface area contributed by atoms with Crippen molar-refractivity contribution in [3.05, 3.63) is 24.3 Å². The monoisotopic (exact) mass is 235 g/mol. The summed E-state index contributed by atoms with van der Waals surface area (Å²) < 4.78 is 5.76. The van der Waals surface area contributed by atoms with Crippen molar-refractivity contribution >= 4 is 11.4 Å². The summed E-state index contributed by atoms with van der Waals surface area (Å²) in [5.41, 5.74) is 7.73. The van der Waals surface area contributed by atoms with Gasteiger partial charge in [0.2, 0.25) is 0 Å². The molecule has 2 rings (SSSR count). The van der Waals surface area contributed by atoms with E-state index in [1.54, 1.807) is 0 Å². The number of hydrogen-bond acceptors (Lipinski definition) is 4. The fourth-order valence-electron chi connectivity index (χ4n) is 2.15. The molecule has 4 nitrogen and oxygen atoms in total. The number of likely N-dealkylation sites (N-methyl/N-ethyl adjacent to an activating group) is 2. The Hall–Kier alpha value is -1.26. The molecule has 94 valence electrons. The molecule has 1 heterocycles. The van der Waals surface area contributed by atoms with Gasteiger partial charge in [0.25, 0.3) is 0 Å². The Morgan fingerprint density at radius 2 is 2.35 bits per heavy atom. The first kappa shape index (κ1) is 12.2. The van der Waals surface area contributed by atoms with Gasteiger partial charge in [0.15, 0.2) is 0 Å². The number of morpholine rings is 1. The quantitative estimate of drug-likeness (QED) is 0.795. The topological polar surface area (TPSA) is 41.7 Å². The third-order valence-corrected chi connectivity index (χ3v) is 3.13. The summed E-state index contributed by atoms with van der Waals surface area (Å²) in [7, 11) is 4.21. The average molecular weight is 235 g/mol. The summed E-state index contributed by atoms with van der Waals surface area (Å²) >= 11 is 0. The van der Waals surface area contributed by atoms with Crippen LogP contribution in [0.5, 0.6) is 0 Å². The van der Waals surface area contributed by atoms with Crippen LogP contribution in [0.2, 0.25) is 0 Å². The maximum atomic E-state index is 5.79. The highest BCUT2D eigenvalue weighted by Crippen LogP contribution is 2.17. The van der Waals surface area contributed by atoms with Gasteiger partial charge in [-0.25, -0.2) is 0 Å². The average Bonchev–Trinajstić information content (AvgIpc) is 2.29. The van der Waals surface area contributed by atoms with Gasteiger partial charge in [0.1, 0.15) is 0 Å². The minimum absolute atomic E-state index is 0.278. The summed E-state index contributed by atoms with van der Waals surface area (Å²) in [6.45, 7) is 3.74. The van der Waals surface area contributed by atoms with Crippen molar-refractivity contribution < 1.29 is 4.74 Å². The number of hydrogen-bond donors (Lipinski definition) is 1. The summed E-state index contributed by atoms with van der Waals surface area (Å²) in [6.07, 6.45) is 0.278. The van der Waals surface area contributed by atoms with Crippen LogP contribution in [0, 0.1) is 0 Å². The molecule has 1 atom stereocenters. The van der Waals surface area contributed by atoms with Crippen LogP contribution in [-0.2, 0) is 4.74 Å². The van der Waals surface area contributed by atoms with Crippen LogP contribution in [0.15, 0.2) is 24.3 Å². The third-order valence-electron chi connectivity index (χ3n) is 3.13. The third kappa shape index (κ3) is 3.35. The standard InChI is InChI=1S/C13H21N3O/c1-15-6-7-17-13(9-15)10-16(2)12-5-3-4-11(14)8-12/h3-5,8,13H,6-7,9-10,14H2,1-2H3. The molecule has 4 heteroatoms. The number of ether oxygens (including phenoxy) is 1. The maximum absolute atomic E-state index is 5.79. The molecule has 1 aliphatic heterocycles. The second kappa shape index (κ2) is 5.38. The molecular weight excluding hydrogens is 214 g/mol. The lowest BCUT2D eigenvalue weighted by atomic mass is 10.2. The molecule has 0 aliphatic carbocycles. The Morgan fingerprint density at radius 3 is 3.06 bits per heavy atom. The van der Waals surface area contributed by atoms with E-state index in [-0.39, 0.29) is 6.10 Å². The smallest absolute Gasteiger partial charge is 0.0876 e. The number of rotatable bonds is 3. The highest BCUT2D eigenvalue weighted by atomic mass is 16.5. The van der Waals surface area contributed by atoms with E-state index in [0.29, 0.717) is 0 Å². The lowest BCUT2D eigenvalue weighted by Crippen LogP contribution is -2.45. The molecule has 0 amide bonds. The van der Waals surface area contributed by atoms with E-state index < -0.39 is 0 Å². The maximum Gasteiger partial charge on any atom is 0.0876 e. The molecule has 2 N–H and O–H groups in total. The molecule has 0 aromatic heterocycles.